The van der Waals surface area contributed by atoms with Gasteiger partial charge in [-0.3, -0.25) is 4.79 Å². The van der Waals surface area contributed by atoms with E-state index in [4.69, 9.17) is 5.11 Å². The molecule has 2 rings (SSSR count). The molecule has 1 aliphatic heterocycles. The third-order valence-electron chi connectivity index (χ3n) is 2.61. The van der Waals surface area contributed by atoms with E-state index in [0.717, 1.165) is 11.4 Å². The Hall–Kier alpha value is -0.550. The highest BCUT2D eigenvalue weighted by Crippen LogP contribution is 2.28. The molecule has 0 spiro atoms. The van der Waals surface area contributed by atoms with Crippen LogP contribution in [0.5, 0.6) is 0 Å². The summed E-state index contributed by atoms with van der Waals surface area (Å²) in [6.07, 6.45) is 5.00. The maximum absolute atomic E-state index is 10.5. The van der Waals surface area contributed by atoms with Crippen LogP contribution in [0, 0.1) is 0 Å². The van der Waals surface area contributed by atoms with E-state index in [1.165, 1.54) is 25.0 Å². The maximum Gasteiger partial charge on any atom is 0.309 e. The fourth-order valence-electron chi connectivity index (χ4n) is 1.84. The molecule has 1 aromatic heterocycles. The highest BCUT2D eigenvalue weighted by molar-refractivity contribution is 7.99. The molecule has 1 aliphatic rings. The van der Waals surface area contributed by atoms with Crippen LogP contribution in [0.3, 0.4) is 0 Å². The van der Waals surface area contributed by atoms with E-state index in [1.807, 2.05) is 17.1 Å². The van der Waals surface area contributed by atoms with E-state index in [0.29, 0.717) is 10.9 Å². The summed E-state index contributed by atoms with van der Waals surface area (Å²) in [5.41, 5.74) is 0.702. The number of carboxylic acids is 1. The van der Waals surface area contributed by atoms with Crippen molar-refractivity contribution in [2.45, 2.75) is 37.4 Å². The summed E-state index contributed by atoms with van der Waals surface area (Å²) in [4.78, 5) is 14.9. The minimum absolute atomic E-state index is 0.0499. The van der Waals surface area contributed by atoms with Crippen molar-refractivity contribution in [1.29, 1.82) is 0 Å². The second-order valence-corrected chi connectivity index (χ2v) is 6.35. The second-order valence-electron chi connectivity index (χ2n) is 4.00. The van der Waals surface area contributed by atoms with Crippen LogP contribution in [0.1, 0.15) is 30.0 Å². The summed E-state index contributed by atoms with van der Waals surface area (Å²) in [5.74, 6) is 0.460. The second kappa shape index (κ2) is 5.68. The Morgan fingerprint density at radius 2 is 2.44 bits per heavy atom. The van der Waals surface area contributed by atoms with Crippen molar-refractivity contribution < 1.29 is 9.90 Å². The van der Waals surface area contributed by atoms with Crippen LogP contribution in [0.25, 0.3) is 0 Å². The van der Waals surface area contributed by atoms with Gasteiger partial charge in [-0.15, -0.1) is 11.3 Å². The van der Waals surface area contributed by atoms with Gasteiger partial charge in [0.05, 0.1) is 17.1 Å². The SMILES string of the molecule is O=C(O)Cc1csc(CC2CCCCS2)n1. The largest absolute Gasteiger partial charge is 0.481 e. The third kappa shape index (κ3) is 3.49. The van der Waals surface area contributed by atoms with Gasteiger partial charge in [0.15, 0.2) is 0 Å². The number of thioether (sulfide) groups is 1. The number of carbonyl (C=O) groups is 1. The molecule has 0 radical (unpaired) electrons. The number of aromatic nitrogens is 1. The lowest BCUT2D eigenvalue weighted by atomic mass is 10.1. The Morgan fingerprint density at radius 1 is 1.56 bits per heavy atom. The normalized spacial score (nSPS) is 20.9. The monoisotopic (exact) mass is 257 g/mol. The number of carboxylic acid groups (broad SMARTS) is 1. The molecule has 5 heteroatoms. The Kier molecular flexibility index (Phi) is 4.23. The Bertz CT molecular complexity index is 359. The molecular formula is C11H15NO2S2. The summed E-state index contributed by atoms with van der Waals surface area (Å²) in [5, 5.41) is 12.3. The van der Waals surface area contributed by atoms with Gasteiger partial charge in [0.25, 0.3) is 0 Å². The Labute approximate surface area is 103 Å². The molecule has 1 unspecified atom stereocenters. The first kappa shape index (κ1) is 11.9. The summed E-state index contributed by atoms with van der Waals surface area (Å²) in [6, 6.07) is 0. The van der Waals surface area contributed by atoms with Crippen molar-refractivity contribution in [1.82, 2.24) is 4.98 Å². The average molecular weight is 257 g/mol. The first-order chi connectivity index (χ1) is 7.74. The molecule has 16 heavy (non-hydrogen) atoms. The topological polar surface area (TPSA) is 50.2 Å². The maximum atomic E-state index is 10.5. The zero-order valence-electron chi connectivity index (χ0n) is 9.02. The van der Waals surface area contributed by atoms with Crippen LogP contribution in [0.15, 0.2) is 5.38 Å². The number of hydrogen-bond donors (Lipinski definition) is 1. The smallest absolute Gasteiger partial charge is 0.309 e. The van der Waals surface area contributed by atoms with Gasteiger partial charge >= 0.3 is 5.97 Å². The van der Waals surface area contributed by atoms with Crippen LogP contribution >= 0.6 is 23.1 Å². The summed E-state index contributed by atoms with van der Waals surface area (Å²) < 4.78 is 0. The van der Waals surface area contributed by atoms with Crippen molar-refractivity contribution >= 4 is 29.1 Å². The van der Waals surface area contributed by atoms with Crippen molar-refractivity contribution in [3.05, 3.63) is 16.1 Å². The van der Waals surface area contributed by atoms with Crippen molar-refractivity contribution in [3.63, 3.8) is 0 Å². The molecule has 1 saturated heterocycles. The molecule has 0 saturated carbocycles. The summed E-state index contributed by atoms with van der Waals surface area (Å²) in [7, 11) is 0. The molecule has 0 amide bonds. The first-order valence-corrected chi connectivity index (χ1v) is 7.43. The van der Waals surface area contributed by atoms with E-state index in [1.54, 1.807) is 11.3 Å². The summed E-state index contributed by atoms with van der Waals surface area (Å²) in [6.45, 7) is 0. The number of nitrogens with zero attached hydrogens (tertiary/aromatic N) is 1. The minimum atomic E-state index is -0.802. The van der Waals surface area contributed by atoms with Gasteiger partial charge in [-0.2, -0.15) is 11.8 Å². The summed E-state index contributed by atoms with van der Waals surface area (Å²) >= 11 is 3.63. The third-order valence-corrected chi connectivity index (χ3v) is 4.93. The highest BCUT2D eigenvalue weighted by Gasteiger charge is 2.16. The predicted molar refractivity (Wildman–Crippen MR) is 67.3 cm³/mol. The van der Waals surface area contributed by atoms with Gasteiger partial charge in [0.2, 0.25) is 0 Å². The lowest BCUT2D eigenvalue weighted by molar-refractivity contribution is -0.136. The van der Waals surface area contributed by atoms with E-state index in [-0.39, 0.29) is 6.42 Å². The van der Waals surface area contributed by atoms with Gasteiger partial charge in [-0.1, -0.05) is 6.42 Å². The quantitative estimate of drug-likeness (QED) is 0.900. The Balaban J connectivity index is 1.88. The van der Waals surface area contributed by atoms with Crippen LogP contribution in [0.4, 0.5) is 0 Å². The molecule has 88 valence electrons. The number of hydrogen-bond acceptors (Lipinski definition) is 4. The van der Waals surface area contributed by atoms with Crippen LogP contribution in [-0.4, -0.2) is 27.1 Å². The van der Waals surface area contributed by atoms with Crippen molar-refractivity contribution in [2.75, 3.05) is 5.75 Å². The molecule has 1 atom stereocenters. The molecule has 3 nitrogen and oxygen atoms in total. The zero-order chi connectivity index (χ0) is 11.4. The van der Waals surface area contributed by atoms with Crippen molar-refractivity contribution in [3.8, 4) is 0 Å². The molecule has 0 bridgehead atoms. The predicted octanol–water partition coefficient (Wildman–Crippen LogP) is 2.60. The van der Waals surface area contributed by atoms with Crippen LogP contribution < -0.4 is 0 Å². The number of thiazole rings is 1. The fourth-order valence-corrected chi connectivity index (χ4v) is 4.14. The minimum Gasteiger partial charge on any atom is -0.481 e. The fraction of sp³-hybridized carbons (Fsp3) is 0.636. The van der Waals surface area contributed by atoms with E-state index in [2.05, 4.69) is 4.98 Å². The van der Waals surface area contributed by atoms with E-state index < -0.39 is 5.97 Å². The molecule has 1 N–H and O–H groups in total. The standard InChI is InChI=1S/C11H15NO2S2/c13-11(14)5-8-7-16-10(12-8)6-9-3-1-2-4-15-9/h7,9H,1-6H2,(H,13,14). The van der Waals surface area contributed by atoms with Gasteiger partial charge in [0.1, 0.15) is 0 Å². The van der Waals surface area contributed by atoms with Crippen molar-refractivity contribution in [2.24, 2.45) is 0 Å². The first-order valence-electron chi connectivity index (χ1n) is 5.50. The van der Waals surface area contributed by atoms with Crippen LogP contribution in [0.2, 0.25) is 0 Å². The molecule has 2 heterocycles. The highest BCUT2D eigenvalue weighted by atomic mass is 32.2. The van der Waals surface area contributed by atoms with Gasteiger partial charge in [-0.05, 0) is 18.6 Å². The number of aliphatic carboxylic acids is 1. The van der Waals surface area contributed by atoms with Gasteiger partial charge < -0.3 is 5.11 Å². The Morgan fingerprint density at radius 3 is 3.12 bits per heavy atom. The van der Waals surface area contributed by atoms with Gasteiger partial charge in [0, 0.05) is 17.1 Å². The van der Waals surface area contributed by atoms with Crippen LogP contribution in [-0.2, 0) is 17.6 Å². The molecule has 0 aromatic carbocycles. The number of rotatable bonds is 4. The molecule has 1 aromatic rings. The molecule has 1 fully saturated rings. The zero-order valence-corrected chi connectivity index (χ0v) is 10.6. The molecular weight excluding hydrogens is 242 g/mol. The van der Waals surface area contributed by atoms with Gasteiger partial charge in [-0.25, -0.2) is 4.98 Å². The molecule has 0 aliphatic carbocycles. The lowest BCUT2D eigenvalue weighted by Gasteiger charge is -2.19. The average Bonchev–Trinajstić information content (AvgIpc) is 2.66. The lowest BCUT2D eigenvalue weighted by Crippen LogP contribution is -2.12. The van der Waals surface area contributed by atoms with E-state index in [9.17, 15) is 4.79 Å². The van der Waals surface area contributed by atoms with E-state index >= 15 is 0 Å².